The van der Waals surface area contributed by atoms with Crippen molar-refractivity contribution in [2.24, 2.45) is 0 Å². The lowest BCUT2D eigenvalue weighted by Gasteiger charge is -2.16. The number of aromatic nitrogens is 1. The van der Waals surface area contributed by atoms with E-state index >= 15 is 0 Å². The molecule has 1 aromatic carbocycles. The van der Waals surface area contributed by atoms with Crippen LogP contribution in [0, 0.1) is 13.8 Å². The molecule has 2 nitrogen and oxygen atoms in total. The highest BCUT2D eigenvalue weighted by molar-refractivity contribution is 5.65. The Labute approximate surface area is 102 Å². The first-order valence-electron chi connectivity index (χ1n) is 5.84. The van der Waals surface area contributed by atoms with Crippen molar-refractivity contribution in [2.45, 2.75) is 26.7 Å². The van der Waals surface area contributed by atoms with Gasteiger partial charge in [0.05, 0.1) is 0 Å². The smallest absolute Gasteiger partial charge is 0.127 e. The van der Waals surface area contributed by atoms with Gasteiger partial charge in [0.25, 0.3) is 0 Å². The Kier molecular flexibility index (Phi) is 3.14. The van der Waals surface area contributed by atoms with Crippen LogP contribution in [0.25, 0.3) is 5.69 Å². The Morgan fingerprint density at radius 3 is 2.24 bits per heavy atom. The van der Waals surface area contributed by atoms with E-state index in [0.29, 0.717) is 0 Å². The van der Waals surface area contributed by atoms with Gasteiger partial charge in [0.1, 0.15) is 6.29 Å². The van der Waals surface area contributed by atoms with Crippen molar-refractivity contribution < 1.29 is 4.79 Å². The lowest BCUT2D eigenvalue weighted by molar-refractivity contribution is -0.108. The van der Waals surface area contributed by atoms with Gasteiger partial charge in [-0.25, -0.2) is 0 Å². The van der Waals surface area contributed by atoms with Gasteiger partial charge < -0.3 is 9.36 Å². The van der Waals surface area contributed by atoms with Crippen LogP contribution in [-0.4, -0.2) is 10.9 Å². The van der Waals surface area contributed by atoms with Crippen LogP contribution in [-0.2, 0) is 4.79 Å². The van der Waals surface area contributed by atoms with Crippen molar-refractivity contribution in [1.29, 1.82) is 0 Å². The molecule has 2 heteroatoms. The van der Waals surface area contributed by atoms with Gasteiger partial charge in [-0.2, -0.15) is 0 Å². The molecule has 1 heterocycles. The molecule has 0 radical (unpaired) electrons. The number of para-hydroxylation sites is 1. The van der Waals surface area contributed by atoms with Crippen molar-refractivity contribution in [3.63, 3.8) is 0 Å². The second-order valence-electron chi connectivity index (χ2n) is 4.44. The number of hydrogen-bond acceptors (Lipinski definition) is 1. The van der Waals surface area contributed by atoms with E-state index in [2.05, 4.69) is 36.6 Å². The van der Waals surface area contributed by atoms with Crippen LogP contribution < -0.4 is 0 Å². The summed E-state index contributed by atoms with van der Waals surface area (Å²) in [6.45, 7) is 6.09. The van der Waals surface area contributed by atoms with Crippen molar-refractivity contribution in [3.05, 3.63) is 53.3 Å². The van der Waals surface area contributed by atoms with Crippen molar-refractivity contribution in [3.8, 4) is 5.69 Å². The maximum absolute atomic E-state index is 11.0. The van der Waals surface area contributed by atoms with Crippen molar-refractivity contribution in [1.82, 2.24) is 4.57 Å². The second kappa shape index (κ2) is 4.58. The molecule has 1 unspecified atom stereocenters. The molecule has 0 aliphatic heterocycles. The number of nitrogens with zero attached hydrogens (tertiary/aromatic N) is 1. The number of aldehydes is 1. The van der Waals surface area contributed by atoms with Gasteiger partial charge in [-0.05, 0) is 37.6 Å². The summed E-state index contributed by atoms with van der Waals surface area (Å²) in [4.78, 5) is 11.0. The molecule has 0 saturated carbocycles. The highest BCUT2D eigenvalue weighted by Crippen LogP contribution is 2.25. The zero-order valence-corrected chi connectivity index (χ0v) is 10.5. The molecule has 0 aliphatic carbocycles. The molecule has 17 heavy (non-hydrogen) atoms. The van der Waals surface area contributed by atoms with Gasteiger partial charge in [-0.3, -0.25) is 0 Å². The minimum Gasteiger partial charge on any atom is -0.318 e. The van der Waals surface area contributed by atoms with Gasteiger partial charge in [0.2, 0.25) is 0 Å². The Morgan fingerprint density at radius 2 is 1.65 bits per heavy atom. The van der Waals surface area contributed by atoms with Gasteiger partial charge >= 0.3 is 0 Å². The SMILES string of the molecule is Cc1ccc(C)n1-c1ccccc1C(C)C=O. The van der Waals surface area contributed by atoms with Crippen LogP contribution in [0.2, 0.25) is 0 Å². The fourth-order valence-corrected chi connectivity index (χ4v) is 2.20. The van der Waals surface area contributed by atoms with Crippen molar-refractivity contribution in [2.75, 3.05) is 0 Å². The largest absolute Gasteiger partial charge is 0.318 e. The summed E-state index contributed by atoms with van der Waals surface area (Å²) in [6.07, 6.45) is 0.993. The molecule has 1 aromatic heterocycles. The molecule has 2 rings (SSSR count). The summed E-state index contributed by atoms with van der Waals surface area (Å²) in [5.41, 5.74) is 4.55. The first-order valence-corrected chi connectivity index (χ1v) is 5.84. The molecule has 0 N–H and O–H groups in total. The van der Waals surface area contributed by atoms with E-state index in [9.17, 15) is 4.79 Å². The van der Waals surface area contributed by atoms with E-state index in [1.165, 1.54) is 11.4 Å². The number of aryl methyl sites for hydroxylation is 2. The fraction of sp³-hybridized carbons (Fsp3) is 0.267. The number of carbonyl (C=O) groups is 1. The Morgan fingerprint density at radius 1 is 1.06 bits per heavy atom. The van der Waals surface area contributed by atoms with E-state index < -0.39 is 0 Å². The van der Waals surface area contributed by atoms with Crippen LogP contribution in [0.5, 0.6) is 0 Å². The van der Waals surface area contributed by atoms with Crippen LogP contribution in [0.4, 0.5) is 0 Å². The maximum atomic E-state index is 11.0. The van der Waals surface area contributed by atoms with Gasteiger partial charge in [0.15, 0.2) is 0 Å². The fourth-order valence-electron chi connectivity index (χ4n) is 2.20. The predicted molar refractivity (Wildman–Crippen MR) is 69.7 cm³/mol. The van der Waals surface area contributed by atoms with Crippen LogP contribution >= 0.6 is 0 Å². The van der Waals surface area contributed by atoms with E-state index in [1.807, 2.05) is 25.1 Å². The van der Waals surface area contributed by atoms with E-state index in [0.717, 1.165) is 17.5 Å². The van der Waals surface area contributed by atoms with Crippen LogP contribution in [0.15, 0.2) is 36.4 Å². The van der Waals surface area contributed by atoms with Gasteiger partial charge in [-0.15, -0.1) is 0 Å². The Bertz CT molecular complexity index is 520. The zero-order valence-electron chi connectivity index (χ0n) is 10.5. The first kappa shape index (κ1) is 11.6. The lowest BCUT2D eigenvalue weighted by Crippen LogP contribution is -2.06. The van der Waals surface area contributed by atoms with E-state index in [-0.39, 0.29) is 5.92 Å². The summed E-state index contributed by atoms with van der Waals surface area (Å²) in [5.74, 6) is -0.0765. The molecular weight excluding hydrogens is 210 g/mol. The summed E-state index contributed by atoms with van der Waals surface area (Å²) < 4.78 is 2.19. The second-order valence-corrected chi connectivity index (χ2v) is 4.44. The highest BCUT2D eigenvalue weighted by atomic mass is 16.1. The Balaban J connectivity index is 2.63. The molecule has 2 aromatic rings. The minimum atomic E-state index is -0.0765. The molecule has 0 amide bonds. The predicted octanol–water partition coefficient (Wildman–Crippen LogP) is 3.40. The number of rotatable bonds is 3. The third-order valence-electron chi connectivity index (χ3n) is 3.14. The third kappa shape index (κ3) is 2.03. The molecule has 0 spiro atoms. The highest BCUT2D eigenvalue weighted by Gasteiger charge is 2.12. The lowest BCUT2D eigenvalue weighted by atomic mass is 10.0. The monoisotopic (exact) mass is 227 g/mol. The maximum Gasteiger partial charge on any atom is 0.127 e. The van der Waals surface area contributed by atoms with Crippen LogP contribution in [0.3, 0.4) is 0 Å². The molecule has 88 valence electrons. The van der Waals surface area contributed by atoms with Gasteiger partial charge in [0, 0.05) is 23.0 Å². The average molecular weight is 227 g/mol. The summed E-state index contributed by atoms with van der Waals surface area (Å²) in [7, 11) is 0. The van der Waals surface area contributed by atoms with E-state index in [1.54, 1.807) is 0 Å². The minimum absolute atomic E-state index is 0.0765. The van der Waals surface area contributed by atoms with Crippen molar-refractivity contribution >= 4 is 6.29 Å². The molecule has 0 aliphatic rings. The average Bonchev–Trinajstić information content (AvgIpc) is 2.68. The van der Waals surface area contributed by atoms with Crippen LogP contribution in [0.1, 0.15) is 29.8 Å². The van der Waals surface area contributed by atoms with E-state index in [4.69, 9.17) is 0 Å². The third-order valence-corrected chi connectivity index (χ3v) is 3.14. The van der Waals surface area contributed by atoms with Gasteiger partial charge in [-0.1, -0.05) is 25.1 Å². The molecule has 0 bridgehead atoms. The molecule has 1 atom stereocenters. The molecular formula is C15H17NO. The quantitative estimate of drug-likeness (QED) is 0.737. The summed E-state index contributed by atoms with van der Waals surface area (Å²) >= 11 is 0. The molecule has 0 fully saturated rings. The summed E-state index contributed by atoms with van der Waals surface area (Å²) in [5, 5.41) is 0. The zero-order chi connectivity index (χ0) is 12.4. The number of carbonyl (C=O) groups excluding carboxylic acids is 1. The topological polar surface area (TPSA) is 22.0 Å². The summed E-state index contributed by atoms with van der Waals surface area (Å²) in [6, 6.07) is 12.3. The Hall–Kier alpha value is -1.83. The standard InChI is InChI=1S/C15H17NO/c1-11(10-17)14-6-4-5-7-15(14)16-12(2)8-9-13(16)3/h4-11H,1-3H3. The first-order chi connectivity index (χ1) is 8.15. The normalized spacial score (nSPS) is 12.4. The number of hydrogen-bond donors (Lipinski definition) is 0. The molecule has 0 saturated heterocycles. The number of benzene rings is 1.